The van der Waals surface area contributed by atoms with Crippen molar-refractivity contribution < 1.29 is 27.5 Å². The second-order valence-corrected chi connectivity index (χ2v) is 7.38. The number of carbonyl (C=O) groups excluding carboxylic acids is 2. The van der Waals surface area contributed by atoms with Gasteiger partial charge in [-0.25, -0.2) is 17.9 Å². The third kappa shape index (κ3) is 4.54. The molecule has 27 heavy (non-hydrogen) atoms. The van der Waals surface area contributed by atoms with E-state index in [1.54, 1.807) is 31.4 Å². The fourth-order valence-corrected chi connectivity index (χ4v) is 3.39. The first-order valence-electron chi connectivity index (χ1n) is 7.90. The molecule has 3 N–H and O–H groups in total. The number of methoxy groups -OCH3 is 1. The van der Waals surface area contributed by atoms with Gasteiger partial charge in [0.25, 0.3) is 5.91 Å². The van der Waals surface area contributed by atoms with Crippen LogP contribution in [0.3, 0.4) is 0 Å². The number of urea groups is 1. The molecule has 1 atom stereocenters. The molecule has 9 nitrogen and oxygen atoms in total. The fourth-order valence-electron chi connectivity index (χ4n) is 2.35. The van der Waals surface area contributed by atoms with Crippen LogP contribution < -0.4 is 24.8 Å². The van der Waals surface area contributed by atoms with Crippen LogP contribution in [0.2, 0.25) is 0 Å². The maximum Gasteiger partial charge on any atom is 0.322 e. The summed E-state index contributed by atoms with van der Waals surface area (Å²) >= 11 is 0. The molecule has 3 amide bonds. The molecule has 0 unspecified atom stereocenters. The van der Waals surface area contributed by atoms with Gasteiger partial charge in [-0.05, 0) is 48.5 Å². The first-order chi connectivity index (χ1) is 12.9. The first kappa shape index (κ1) is 18.7. The van der Waals surface area contributed by atoms with Crippen LogP contribution in [-0.4, -0.2) is 40.1 Å². The lowest BCUT2D eigenvalue weighted by Crippen LogP contribution is -2.41. The number of amides is 3. The van der Waals surface area contributed by atoms with Crippen molar-refractivity contribution in [2.45, 2.75) is 10.9 Å². The van der Waals surface area contributed by atoms with E-state index in [1.165, 1.54) is 24.3 Å². The molecule has 0 saturated carbocycles. The second-order valence-electron chi connectivity index (χ2n) is 5.62. The maximum atomic E-state index is 12.3. The summed E-state index contributed by atoms with van der Waals surface area (Å²) in [7, 11) is -2.28. The highest BCUT2D eigenvalue weighted by Crippen LogP contribution is 2.24. The lowest BCUT2D eigenvalue weighted by molar-refractivity contribution is -0.120. The minimum absolute atomic E-state index is 0.00862. The molecule has 1 fully saturated rings. The molecule has 0 spiro atoms. The monoisotopic (exact) mass is 391 g/mol. The van der Waals surface area contributed by atoms with E-state index in [1.807, 2.05) is 5.32 Å². The van der Waals surface area contributed by atoms with Crippen molar-refractivity contribution in [1.82, 2.24) is 15.4 Å². The van der Waals surface area contributed by atoms with E-state index < -0.39 is 28.0 Å². The van der Waals surface area contributed by atoms with Crippen LogP contribution in [-0.2, 0) is 14.8 Å². The second kappa shape index (κ2) is 7.64. The standard InChI is InChI=1S/C17H17N3O6S/c1-25-11-2-4-12(5-3-11)26-13-6-8-14(9-7-13)27(23,24)18-10-15-16(21)20-17(22)19-15/h2-9,15,18H,10H2,1H3,(H2,19,20,21,22)/t15-/m0/s1. The molecule has 2 aromatic rings. The van der Waals surface area contributed by atoms with Crippen molar-refractivity contribution in [1.29, 1.82) is 0 Å². The topological polar surface area (TPSA) is 123 Å². The molecule has 0 aromatic heterocycles. The van der Waals surface area contributed by atoms with Crippen molar-refractivity contribution >= 4 is 22.0 Å². The smallest absolute Gasteiger partial charge is 0.322 e. The fraction of sp³-hybridized carbons (Fsp3) is 0.176. The van der Waals surface area contributed by atoms with Crippen molar-refractivity contribution in [3.8, 4) is 17.2 Å². The predicted octanol–water partition coefficient (Wildman–Crippen LogP) is 0.974. The Morgan fingerprint density at radius 3 is 2.04 bits per heavy atom. The van der Waals surface area contributed by atoms with Crippen LogP contribution in [0.4, 0.5) is 4.79 Å². The van der Waals surface area contributed by atoms with E-state index in [4.69, 9.17) is 9.47 Å². The van der Waals surface area contributed by atoms with Gasteiger partial charge < -0.3 is 14.8 Å². The van der Waals surface area contributed by atoms with E-state index >= 15 is 0 Å². The van der Waals surface area contributed by atoms with Crippen molar-refractivity contribution in [2.75, 3.05) is 13.7 Å². The Kier molecular flexibility index (Phi) is 5.28. The minimum Gasteiger partial charge on any atom is -0.497 e. The van der Waals surface area contributed by atoms with Crippen LogP contribution in [0.15, 0.2) is 53.4 Å². The van der Waals surface area contributed by atoms with E-state index in [0.717, 1.165) is 0 Å². The van der Waals surface area contributed by atoms with Crippen LogP contribution >= 0.6 is 0 Å². The van der Waals surface area contributed by atoms with Gasteiger partial charge in [0.05, 0.1) is 12.0 Å². The lowest BCUT2D eigenvalue weighted by Gasteiger charge is -2.11. The van der Waals surface area contributed by atoms with Gasteiger partial charge in [-0.2, -0.15) is 0 Å². The summed E-state index contributed by atoms with van der Waals surface area (Å²) in [5, 5.41) is 4.35. The van der Waals surface area contributed by atoms with Gasteiger partial charge in [0, 0.05) is 6.54 Å². The Morgan fingerprint density at radius 2 is 1.52 bits per heavy atom. The van der Waals surface area contributed by atoms with Crippen LogP contribution in [0, 0.1) is 0 Å². The number of rotatable bonds is 7. The molecule has 1 aliphatic rings. The number of ether oxygens (including phenoxy) is 2. The molecule has 1 aliphatic heterocycles. The third-order valence-corrected chi connectivity index (χ3v) is 5.20. The van der Waals surface area contributed by atoms with Crippen molar-refractivity contribution in [3.05, 3.63) is 48.5 Å². The van der Waals surface area contributed by atoms with Gasteiger partial charge >= 0.3 is 6.03 Å². The third-order valence-electron chi connectivity index (χ3n) is 3.77. The quantitative estimate of drug-likeness (QED) is 0.605. The number of hydrogen-bond donors (Lipinski definition) is 3. The Hall–Kier alpha value is -3.11. The summed E-state index contributed by atoms with van der Waals surface area (Å²) in [6, 6.07) is 11.2. The summed E-state index contributed by atoms with van der Waals surface area (Å²) in [4.78, 5) is 22.5. The lowest BCUT2D eigenvalue weighted by atomic mass is 10.3. The highest BCUT2D eigenvalue weighted by atomic mass is 32.2. The van der Waals surface area contributed by atoms with E-state index in [0.29, 0.717) is 17.2 Å². The molecule has 1 saturated heterocycles. The number of imide groups is 1. The first-order valence-corrected chi connectivity index (χ1v) is 9.39. The number of sulfonamides is 1. The molecule has 142 valence electrons. The zero-order valence-electron chi connectivity index (χ0n) is 14.3. The van der Waals surface area contributed by atoms with Gasteiger partial charge in [-0.1, -0.05) is 0 Å². The summed E-state index contributed by atoms with van der Waals surface area (Å²) in [6.07, 6.45) is 0. The van der Waals surface area contributed by atoms with Crippen molar-refractivity contribution in [3.63, 3.8) is 0 Å². The highest BCUT2D eigenvalue weighted by molar-refractivity contribution is 7.89. The van der Waals surface area contributed by atoms with Crippen LogP contribution in [0.1, 0.15) is 0 Å². The molecule has 0 aliphatic carbocycles. The van der Waals surface area contributed by atoms with Gasteiger partial charge in [-0.3, -0.25) is 10.1 Å². The Morgan fingerprint density at radius 1 is 0.963 bits per heavy atom. The van der Waals surface area contributed by atoms with Gasteiger partial charge in [0.1, 0.15) is 23.3 Å². The van der Waals surface area contributed by atoms with Gasteiger partial charge in [0.15, 0.2) is 0 Å². The maximum absolute atomic E-state index is 12.3. The molecule has 1 heterocycles. The molecule has 2 aromatic carbocycles. The zero-order chi connectivity index (χ0) is 19.4. The highest BCUT2D eigenvalue weighted by Gasteiger charge is 2.30. The normalized spacial score (nSPS) is 16.6. The average Bonchev–Trinajstić information content (AvgIpc) is 2.98. The Labute approximate surface area is 155 Å². The Balaban J connectivity index is 1.62. The summed E-state index contributed by atoms with van der Waals surface area (Å²) in [5.41, 5.74) is 0. The minimum atomic E-state index is -3.84. The largest absolute Gasteiger partial charge is 0.497 e. The van der Waals surface area contributed by atoms with E-state index in [-0.39, 0.29) is 11.4 Å². The molecule has 10 heteroatoms. The number of benzene rings is 2. The van der Waals surface area contributed by atoms with Gasteiger partial charge in [0.2, 0.25) is 10.0 Å². The molecular weight excluding hydrogens is 374 g/mol. The van der Waals surface area contributed by atoms with Crippen LogP contribution in [0.5, 0.6) is 17.2 Å². The zero-order valence-corrected chi connectivity index (χ0v) is 15.1. The summed E-state index contributed by atoms with van der Waals surface area (Å²) in [5.74, 6) is 1.15. The summed E-state index contributed by atoms with van der Waals surface area (Å²) < 4.78 is 37.6. The van der Waals surface area contributed by atoms with Crippen LogP contribution in [0.25, 0.3) is 0 Å². The molecular formula is C17H17N3O6S. The molecule has 0 bridgehead atoms. The molecule has 0 radical (unpaired) electrons. The Bertz CT molecular complexity index is 942. The average molecular weight is 391 g/mol. The number of carbonyl (C=O) groups is 2. The summed E-state index contributed by atoms with van der Waals surface area (Å²) in [6.45, 7) is -0.246. The molecule has 3 rings (SSSR count). The van der Waals surface area contributed by atoms with E-state index in [2.05, 4.69) is 10.0 Å². The predicted molar refractivity (Wildman–Crippen MR) is 95.2 cm³/mol. The number of nitrogens with one attached hydrogen (secondary N) is 3. The van der Waals surface area contributed by atoms with E-state index in [9.17, 15) is 18.0 Å². The SMILES string of the molecule is COc1ccc(Oc2ccc(S(=O)(=O)NC[C@@H]3NC(=O)NC3=O)cc2)cc1. The number of hydrogen-bond acceptors (Lipinski definition) is 6. The van der Waals surface area contributed by atoms with Crippen molar-refractivity contribution in [2.24, 2.45) is 0 Å². The van der Waals surface area contributed by atoms with Gasteiger partial charge in [-0.15, -0.1) is 0 Å².